The van der Waals surface area contributed by atoms with Gasteiger partial charge in [-0.05, 0) is 24.1 Å². The number of hydrogen-bond donors (Lipinski definition) is 1. The van der Waals surface area contributed by atoms with Gasteiger partial charge in [0.25, 0.3) is 0 Å². The van der Waals surface area contributed by atoms with Crippen LogP contribution in [0.15, 0.2) is 23.4 Å². The maximum Gasteiger partial charge on any atom is 0.303 e. The van der Waals surface area contributed by atoms with E-state index in [-0.39, 0.29) is 6.61 Å². The zero-order valence-electron chi connectivity index (χ0n) is 24.6. The van der Waals surface area contributed by atoms with Gasteiger partial charge in [0.05, 0.1) is 14.2 Å². The van der Waals surface area contributed by atoms with Crippen LogP contribution in [-0.2, 0) is 58.0 Å². The fraction of sp³-hybridized carbons (Fsp3) is 0.556. The van der Waals surface area contributed by atoms with Crippen LogP contribution in [0.3, 0.4) is 0 Å². The van der Waals surface area contributed by atoms with E-state index in [0.717, 1.165) is 17.3 Å². The van der Waals surface area contributed by atoms with Gasteiger partial charge in [0.1, 0.15) is 30.0 Å². The van der Waals surface area contributed by atoms with E-state index < -0.39 is 53.6 Å². The molecule has 230 valence electrons. The van der Waals surface area contributed by atoms with Crippen LogP contribution < -0.4 is 14.8 Å². The first kappa shape index (κ1) is 32.7. The maximum absolute atomic E-state index is 12.2. The summed E-state index contributed by atoms with van der Waals surface area (Å²) < 4.78 is 34.9. The average molecular weight is 609 g/mol. The summed E-state index contributed by atoms with van der Waals surface area (Å²) in [5.41, 5.74) is 0.118. The minimum atomic E-state index is -1.17. The molecular formula is C27H36N4O10S. The highest BCUT2D eigenvalue weighted by Gasteiger charge is 2.51. The second-order valence-electron chi connectivity index (χ2n) is 9.48. The third kappa shape index (κ3) is 8.58. The lowest BCUT2D eigenvalue weighted by Crippen LogP contribution is -2.65. The maximum atomic E-state index is 12.2. The molecule has 0 bridgehead atoms. The SMILES string of the molecule is COc1ccc(CCc2nnc(S[C@H]3O[C@@H](COC(C)=O)[C@@H](OC(C)=O)[C@@H](OC(C)=O)[C@H]3NC(C)=O)n2C)cc1OC. The number of nitrogens with zero attached hydrogens (tertiary/aromatic N) is 3. The Labute approximate surface area is 247 Å². The normalized spacial score (nSPS) is 21.6. The molecule has 2 aromatic rings. The third-order valence-corrected chi connectivity index (χ3v) is 7.51. The molecule has 1 fully saturated rings. The van der Waals surface area contributed by atoms with Gasteiger partial charge in [-0.2, -0.15) is 0 Å². The Balaban J connectivity index is 1.87. The van der Waals surface area contributed by atoms with Gasteiger partial charge in [-0.15, -0.1) is 10.2 Å². The molecule has 0 radical (unpaired) electrons. The lowest BCUT2D eigenvalue weighted by molar-refractivity contribution is -0.211. The van der Waals surface area contributed by atoms with Crippen molar-refractivity contribution in [2.45, 2.75) is 75.5 Å². The number of amides is 1. The van der Waals surface area contributed by atoms with Crippen molar-refractivity contribution in [3.63, 3.8) is 0 Å². The molecule has 5 atom stereocenters. The number of carbonyl (C=O) groups is 4. The quantitative estimate of drug-likeness (QED) is 0.271. The lowest BCUT2D eigenvalue weighted by Gasteiger charge is -2.44. The first-order valence-electron chi connectivity index (χ1n) is 13.1. The zero-order valence-corrected chi connectivity index (χ0v) is 25.4. The summed E-state index contributed by atoms with van der Waals surface area (Å²) in [4.78, 5) is 47.8. The number of ether oxygens (including phenoxy) is 6. The molecule has 0 unspecified atom stereocenters. The Bertz CT molecular complexity index is 1290. The molecule has 2 heterocycles. The van der Waals surface area contributed by atoms with E-state index in [4.69, 9.17) is 28.4 Å². The second kappa shape index (κ2) is 14.9. The number of aryl methyl sites for hydroxylation is 2. The average Bonchev–Trinajstić information content (AvgIpc) is 3.27. The van der Waals surface area contributed by atoms with E-state index in [1.807, 2.05) is 18.2 Å². The fourth-order valence-corrected chi connectivity index (χ4v) is 5.58. The summed E-state index contributed by atoms with van der Waals surface area (Å²) >= 11 is 1.13. The van der Waals surface area contributed by atoms with Crippen LogP contribution in [0.5, 0.6) is 11.5 Å². The number of methoxy groups -OCH3 is 2. The first-order valence-corrected chi connectivity index (χ1v) is 14.0. The summed E-state index contributed by atoms with van der Waals surface area (Å²) in [6.07, 6.45) is -2.13. The van der Waals surface area contributed by atoms with E-state index in [1.54, 1.807) is 25.8 Å². The van der Waals surface area contributed by atoms with Crippen molar-refractivity contribution in [2.75, 3.05) is 20.8 Å². The molecule has 0 saturated carbocycles. The number of rotatable bonds is 12. The number of aromatic nitrogens is 3. The van der Waals surface area contributed by atoms with E-state index >= 15 is 0 Å². The number of nitrogens with one attached hydrogen (secondary N) is 1. The highest BCUT2D eigenvalue weighted by Crippen LogP contribution is 2.36. The Hall–Kier alpha value is -3.85. The molecule has 1 amide bonds. The molecule has 42 heavy (non-hydrogen) atoms. The lowest BCUT2D eigenvalue weighted by atomic mass is 9.97. The van der Waals surface area contributed by atoms with Crippen molar-refractivity contribution in [1.29, 1.82) is 0 Å². The van der Waals surface area contributed by atoms with Crippen LogP contribution in [0.4, 0.5) is 0 Å². The standard InChI is InChI=1S/C27H36N4O10S/c1-14(32)28-23-25(40-17(4)35)24(39-16(3)34)21(13-38-15(2)33)41-26(23)42-27-30-29-22(31(27)5)11-9-18-8-10-19(36-6)20(12-18)37-7/h8,10,12,21,23-26H,9,11,13H2,1-7H3,(H,28,32)/t21-,23+,24+,25-,26+/m0/s1. The van der Waals surface area contributed by atoms with Crippen molar-refractivity contribution in [3.8, 4) is 11.5 Å². The van der Waals surface area contributed by atoms with Gasteiger partial charge in [-0.3, -0.25) is 19.2 Å². The molecule has 1 N–H and O–H groups in total. The van der Waals surface area contributed by atoms with E-state index in [1.165, 1.54) is 27.7 Å². The van der Waals surface area contributed by atoms with Crippen LogP contribution >= 0.6 is 11.8 Å². The monoisotopic (exact) mass is 608 g/mol. The molecule has 3 rings (SSSR count). The van der Waals surface area contributed by atoms with Crippen LogP contribution in [0.25, 0.3) is 0 Å². The van der Waals surface area contributed by atoms with Crippen LogP contribution in [-0.4, -0.2) is 89.2 Å². The third-order valence-electron chi connectivity index (χ3n) is 6.30. The fourth-order valence-electron chi connectivity index (χ4n) is 4.45. The Morgan fingerprint density at radius 2 is 1.60 bits per heavy atom. The van der Waals surface area contributed by atoms with Crippen LogP contribution in [0, 0.1) is 0 Å². The summed E-state index contributed by atoms with van der Waals surface area (Å²) in [5, 5.41) is 11.8. The number of thioether (sulfide) groups is 1. The number of carbonyl (C=O) groups excluding carboxylic acids is 4. The Morgan fingerprint density at radius 1 is 0.929 bits per heavy atom. The molecular weight excluding hydrogens is 572 g/mol. The molecule has 0 aliphatic carbocycles. The summed E-state index contributed by atoms with van der Waals surface area (Å²) in [7, 11) is 4.95. The molecule has 1 aromatic carbocycles. The van der Waals surface area contributed by atoms with Crippen LogP contribution in [0.2, 0.25) is 0 Å². The minimum Gasteiger partial charge on any atom is -0.493 e. The van der Waals surface area contributed by atoms with E-state index in [2.05, 4.69) is 15.5 Å². The summed E-state index contributed by atoms with van der Waals surface area (Å²) in [6.45, 7) is 4.62. The number of benzene rings is 1. The van der Waals surface area contributed by atoms with Crippen molar-refractivity contribution >= 4 is 35.6 Å². The molecule has 14 nitrogen and oxygen atoms in total. The van der Waals surface area contributed by atoms with Crippen molar-refractivity contribution in [1.82, 2.24) is 20.1 Å². The smallest absolute Gasteiger partial charge is 0.303 e. The van der Waals surface area contributed by atoms with Gasteiger partial charge in [0, 0.05) is 41.2 Å². The van der Waals surface area contributed by atoms with Gasteiger partial charge in [0.15, 0.2) is 28.9 Å². The number of esters is 3. The predicted octanol–water partition coefficient (Wildman–Crippen LogP) is 1.37. The second-order valence-corrected chi connectivity index (χ2v) is 10.6. The zero-order chi connectivity index (χ0) is 31.0. The molecule has 1 saturated heterocycles. The van der Waals surface area contributed by atoms with Crippen molar-refractivity contribution in [2.24, 2.45) is 7.05 Å². The molecule has 1 aliphatic heterocycles. The highest BCUT2D eigenvalue weighted by molar-refractivity contribution is 7.99. The predicted molar refractivity (Wildman–Crippen MR) is 148 cm³/mol. The van der Waals surface area contributed by atoms with Gasteiger partial charge < -0.3 is 38.3 Å². The molecule has 1 aromatic heterocycles. The molecule has 15 heteroatoms. The van der Waals surface area contributed by atoms with Crippen molar-refractivity contribution in [3.05, 3.63) is 29.6 Å². The Morgan fingerprint density at radius 3 is 2.19 bits per heavy atom. The van der Waals surface area contributed by atoms with E-state index in [9.17, 15) is 19.2 Å². The molecule has 0 spiro atoms. The molecule has 1 aliphatic rings. The van der Waals surface area contributed by atoms with Gasteiger partial charge in [-0.25, -0.2) is 0 Å². The summed E-state index contributed by atoms with van der Waals surface area (Å²) in [5.74, 6) is -0.404. The Kier molecular flexibility index (Phi) is 11.6. The van der Waals surface area contributed by atoms with Crippen molar-refractivity contribution < 1.29 is 47.6 Å². The minimum absolute atomic E-state index is 0.287. The first-order chi connectivity index (χ1) is 19.9. The van der Waals surface area contributed by atoms with Crippen LogP contribution in [0.1, 0.15) is 39.1 Å². The number of hydrogen-bond acceptors (Lipinski definition) is 13. The van der Waals surface area contributed by atoms with Gasteiger partial charge >= 0.3 is 17.9 Å². The largest absolute Gasteiger partial charge is 0.493 e. The van der Waals surface area contributed by atoms with E-state index in [0.29, 0.717) is 35.3 Å². The topological polar surface area (TPSA) is 166 Å². The van der Waals surface area contributed by atoms with Gasteiger partial charge in [0.2, 0.25) is 5.91 Å². The highest BCUT2D eigenvalue weighted by atomic mass is 32.2. The van der Waals surface area contributed by atoms with Gasteiger partial charge in [-0.1, -0.05) is 17.8 Å². The summed E-state index contributed by atoms with van der Waals surface area (Å²) in [6, 6.07) is 4.72.